The number of oxazole rings is 1. The predicted octanol–water partition coefficient (Wildman–Crippen LogP) is 5.48. The highest BCUT2D eigenvalue weighted by Crippen LogP contribution is 2.25. The molecule has 4 rings (SSSR count). The highest BCUT2D eigenvalue weighted by atomic mass is 35.5. The molecule has 4 aromatic rings. The average Bonchev–Trinajstić information content (AvgIpc) is 3.37. The van der Waals surface area contributed by atoms with Crippen LogP contribution >= 0.6 is 22.9 Å². The van der Waals surface area contributed by atoms with E-state index in [9.17, 15) is 4.79 Å². The van der Waals surface area contributed by atoms with Crippen molar-refractivity contribution in [2.24, 2.45) is 0 Å². The second-order valence-electron chi connectivity index (χ2n) is 5.61. The Balaban J connectivity index is 1.40. The highest BCUT2D eigenvalue weighted by Gasteiger charge is 2.15. The van der Waals surface area contributed by atoms with E-state index >= 15 is 0 Å². The van der Waals surface area contributed by atoms with Gasteiger partial charge in [0, 0.05) is 21.5 Å². The maximum Gasteiger partial charge on any atom is 0.358 e. The number of esters is 1. The fourth-order valence-electron chi connectivity index (χ4n) is 2.41. The van der Waals surface area contributed by atoms with Crippen molar-refractivity contribution < 1.29 is 13.9 Å². The third-order valence-electron chi connectivity index (χ3n) is 3.74. The van der Waals surface area contributed by atoms with Crippen LogP contribution < -0.4 is 0 Å². The SMILES string of the molecule is O=C(OCc1ncc(-c2ccccc2)o1)c1csc(-c2ccc(Cl)cc2)n1. The van der Waals surface area contributed by atoms with Gasteiger partial charge in [-0.1, -0.05) is 54.1 Å². The number of benzene rings is 2. The van der Waals surface area contributed by atoms with Gasteiger partial charge in [0.1, 0.15) is 5.01 Å². The molecule has 0 saturated heterocycles. The highest BCUT2D eigenvalue weighted by molar-refractivity contribution is 7.13. The van der Waals surface area contributed by atoms with Crippen LogP contribution in [-0.2, 0) is 11.3 Å². The minimum atomic E-state index is -0.522. The normalized spacial score (nSPS) is 10.7. The zero-order valence-corrected chi connectivity index (χ0v) is 15.5. The van der Waals surface area contributed by atoms with Gasteiger partial charge in [0.25, 0.3) is 0 Å². The molecule has 0 aliphatic carbocycles. The number of aromatic nitrogens is 2. The Morgan fingerprint density at radius 2 is 1.85 bits per heavy atom. The molecule has 5 nitrogen and oxygen atoms in total. The number of rotatable bonds is 5. The number of nitrogens with zero attached hydrogens (tertiary/aromatic N) is 2. The van der Waals surface area contributed by atoms with E-state index in [-0.39, 0.29) is 12.3 Å². The monoisotopic (exact) mass is 396 g/mol. The summed E-state index contributed by atoms with van der Waals surface area (Å²) >= 11 is 7.25. The number of ether oxygens (including phenoxy) is 1. The lowest BCUT2D eigenvalue weighted by molar-refractivity contribution is 0.0433. The van der Waals surface area contributed by atoms with Crippen LogP contribution in [0.2, 0.25) is 5.02 Å². The molecule has 0 N–H and O–H groups in total. The zero-order chi connectivity index (χ0) is 18.6. The first-order valence-corrected chi connectivity index (χ1v) is 9.33. The van der Waals surface area contributed by atoms with Gasteiger partial charge in [-0.2, -0.15) is 0 Å². The molecule has 0 atom stereocenters. The molecule has 0 aliphatic heterocycles. The summed E-state index contributed by atoms with van der Waals surface area (Å²) in [5.74, 6) is 0.432. The number of hydrogen-bond acceptors (Lipinski definition) is 6. The Bertz CT molecular complexity index is 1060. The summed E-state index contributed by atoms with van der Waals surface area (Å²) in [6, 6.07) is 16.9. The standard InChI is InChI=1S/C20H13ClN2O3S/c21-15-8-6-14(7-9-15)19-23-16(12-27-19)20(24)25-11-18-22-10-17(26-18)13-4-2-1-3-5-13/h1-10,12H,11H2. The molecule has 0 fully saturated rings. The van der Waals surface area contributed by atoms with Crippen molar-refractivity contribution in [2.45, 2.75) is 6.61 Å². The van der Waals surface area contributed by atoms with E-state index < -0.39 is 5.97 Å². The molecular formula is C20H13ClN2O3S. The minimum absolute atomic E-state index is 0.0561. The van der Waals surface area contributed by atoms with Gasteiger partial charge in [-0.25, -0.2) is 14.8 Å². The third-order valence-corrected chi connectivity index (χ3v) is 4.89. The second-order valence-corrected chi connectivity index (χ2v) is 6.90. The molecule has 0 aliphatic rings. The predicted molar refractivity (Wildman–Crippen MR) is 104 cm³/mol. The fourth-order valence-corrected chi connectivity index (χ4v) is 3.33. The lowest BCUT2D eigenvalue weighted by atomic mass is 10.2. The lowest BCUT2D eigenvalue weighted by Gasteiger charge is -2.00. The van der Waals surface area contributed by atoms with E-state index in [4.69, 9.17) is 20.8 Å². The van der Waals surface area contributed by atoms with Crippen molar-refractivity contribution in [2.75, 3.05) is 0 Å². The van der Waals surface area contributed by atoms with Crippen LogP contribution in [0.5, 0.6) is 0 Å². The number of thiazole rings is 1. The smallest absolute Gasteiger partial charge is 0.358 e. The molecule has 134 valence electrons. The van der Waals surface area contributed by atoms with Crippen molar-refractivity contribution >= 4 is 28.9 Å². The summed E-state index contributed by atoms with van der Waals surface area (Å²) in [6.45, 7) is -0.0561. The first-order valence-electron chi connectivity index (χ1n) is 8.08. The van der Waals surface area contributed by atoms with Gasteiger partial charge in [-0.05, 0) is 12.1 Å². The molecular weight excluding hydrogens is 384 g/mol. The molecule has 27 heavy (non-hydrogen) atoms. The van der Waals surface area contributed by atoms with E-state index in [2.05, 4.69) is 9.97 Å². The van der Waals surface area contributed by atoms with Gasteiger partial charge in [0.15, 0.2) is 18.1 Å². The van der Waals surface area contributed by atoms with Gasteiger partial charge >= 0.3 is 5.97 Å². The van der Waals surface area contributed by atoms with Gasteiger partial charge in [-0.3, -0.25) is 0 Å². The topological polar surface area (TPSA) is 65.2 Å². The molecule has 0 amide bonds. The molecule has 0 saturated carbocycles. The maximum atomic E-state index is 12.2. The van der Waals surface area contributed by atoms with E-state index in [0.29, 0.717) is 16.7 Å². The molecule has 0 bridgehead atoms. The molecule has 0 radical (unpaired) electrons. The largest absolute Gasteiger partial charge is 0.451 e. The Kier molecular flexibility index (Phi) is 5.00. The summed E-state index contributed by atoms with van der Waals surface area (Å²) in [7, 11) is 0. The van der Waals surface area contributed by atoms with Crippen LogP contribution in [0.15, 0.2) is 70.6 Å². The van der Waals surface area contributed by atoms with Crippen LogP contribution in [0.1, 0.15) is 16.4 Å². The van der Waals surface area contributed by atoms with Crippen molar-refractivity contribution in [1.29, 1.82) is 0 Å². The molecule has 7 heteroatoms. The van der Waals surface area contributed by atoms with Crippen molar-refractivity contribution in [3.8, 4) is 21.9 Å². The molecule has 2 aromatic carbocycles. The first-order chi connectivity index (χ1) is 13.2. The van der Waals surface area contributed by atoms with E-state index in [1.807, 2.05) is 42.5 Å². The Labute approximate surface area is 164 Å². The summed E-state index contributed by atoms with van der Waals surface area (Å²) < 4.78 is 10.9. The van der Waals surface area contributed by atoms with Crippen LogP contribution in [0.3, 0.4) is 0 Å². The molecule has 2 heterocycles. The van der Waals surface area contributed by atoms with E-state index in [0.717, 1.165) is 16.1 Å². The van der Waals surface area contributed by atoms with Crippen LogP contribution in [-0.4, -0.2) is 15.9 Å². The average molecular weight is 397 g/mol. The van der Waals surface area contributed by atoms with Crippen LogP contribution in [0.4, 0.5) is 0 Å². The zero-order valence-electron chi connectivity index (χ0n) is 14.0. The number of carbonyl (C=O) groups excluding carboxylic acids is 1. The third kappa shape index (κ3) is 4.07. The summed E-state index contributed by atoms with van der Waals surface area (Å²) in [5.41, 5.74) is 2.05. The second kappa shape index (κ2) is 7.73. The lowest BCUT2D eigenvalue weighted by Crippen LogP contribution is -2.05. The van der Waals surface area contributed by atoms with Gasteiger partial charge in [-0.15, -0.1) is 11.3 Å². The maximum absolute atomic E-state index is 12.2. The fraction of sp³-hybridized carbons (Fsp3) is 0.0500. The Morgan fingerprint density at radius 1 is 1.07 bits per heavy atom. The summed E-state index contributed by atoms with van der Waals surface area (Å²) in [6.07, 6.45) is 1.61. The quantitative estimate of drug-likeness (QED) is 0.418. The molecule has 2 aromatic heterocycles. The van der Waals surface area contributed by atoms with Crippen LogP contribution in [0.25, 0.3) is 21.9 Å². The number of halogens is 1. The van der Waals surface area contributed by atoms with Crippen molar-refractivity contribution in [3.63, 3.8) is 0 Å². The van der Waals surface area contributed by atoms with Crippen LogP contribution in [0, 0.1) is 0 Å². The van der Waals surface area contributed by atoms with Gasteiger partial charge in [0.2, 0.25) is 5.89 Å². The first kappa shape index (κ1) is 17.5. The van der Waals surface area contributed by atoms with Gasteiger partial charge < -0.3 is 9.15 Å². The van der Waals surface area contributed by atoms with E-state index in [1.165, 1.54) is 11.3 Å². The molecule has 0 unspecified atom stereocenters. The van der Waals surface area contributed by atoms with Crippen molar-refractivity contribution in [3.05, 3.63) is 82.8 Å². The molecule has 0 spiro atoms. The van der Waals surface area contributed by atoms with Gasteiger partial charge in [0.05, 0.1) is 6.20 Å². The summed E-state index contributed by atoms with van der Waals surface area (Å²) in [5, 5.41) is 3.04. The number of hydrogen-bond donors (Lipinski definition) is 0. The summed E-state index contributed by atoms with van der Waals surface area (Å²) in [4.78, 5) is 20.7. The Morgan fingerprint density at radius 3 is 2.63 bits per heavy atom. The Hall–Kier alpha value is -2.96. The van der Waals surface area contributed by atoms with Crippen molar-refractivity contribution in [1.82, 2.24) is 9.97 Å². The van der Waals surface area contributed by atoms with E-state index in [1.54, 1.807) is 23.7 Å². The minimum Gasteiger partial charge on any atom is -0.451 e. The number of carbonyl (C=O) groups is 1.